The molecule has 1 aromatic carbocycles. The molecular weight excluding hydrogens is 342 g/mol. The van der Waals surface area contributed by atoms with Gasteiger partial charge in [0.05, 0.1) is 7.11 Å². The van der Waals surface area contributed by atoms with Crippen molar-refractivity contribution in [1.82, 2.24) is 9.97 Å². The maximum atomic E-state index is 12.0. The first-order valence-electron chi connectivity index (χ1n) is 8.19. The molecule has 25 heavy (non-hydrogen) atoms. The Hall–Kier alpha value is -2.18. The second-order valence-electron chi connectivity index (χ2n) is 5.97. The molecule has 1 saturated carbocycles. The predicted molar refractivity (Wildman–Crippen MR) is 94.9 cm³/mol. The molecule has 0 saturated heterocycles. The number of aliphatic hydroxyl groups is 1. The summed E-state index contributed by atoms with van der Waals surface area (Å²) >= 11 is 6.36. The van der Waals surface area contributed by atoms with Crippen molar-refractivity contribution in [1.29, 1.82) is 0 Å². The van der Waals surface area contributed by atoms with Crippen molar-refractivity contribution in [2.75, 3.05) is 25.3 Å². The number of ether oxygens (including phenoxy) is 1. The van der Waals surface area contributed by atoms with E-state index in [4.69, 9.17) is 16.3 Å². The average Bonchev–Trinajstić information content (AvgIpc) is 3.48. The third kappa shape index (κ3) is 4.08. The van der Waals surface area contributed by atoms with Gasteiger partial charge in [0.25, 0.3) is 0 Å². The highest BCUT2D eigenvalue weighted by molar-refractivity contribution is 6.35. The van der Waals surface area contributed by atoms with Crippen LogP contribution in [-0.2, 0) is 11.2 Å². The number of anilines is 1. The molecule has 1 aromatic heterocycles. The van der Waals surface area contributed by atoms with Crippen LogP contribution < -0.4 is 4.90 Å². The predicted octanol–water partition coefficient (Wildman–Crippen LogP) is 2.79. The van der Waals surface area contributed by atoms with Crippen molar-refractivity contribution in [3.05, 3.63) is 52.4 Å². The normalized spacial score (nSPS) is 13.6. The first-order valence-corrected chi connectivity index (χ1v) is 8.57. The highest BCUT2D eigenvalue weighted by Gasteiger charge is 2.31. The van der Waals surface area contributed by atoms with Gasteiger partial charge in [-0.1, -0.05) is 41.9 Å². The Kier molecular flexibility index (Phi) is 5.50. The molecule has 0 bridgehead atoms. The summed E-state index contributed by atoms with van der Waals surface area (Å²) in [5, 5.41) is 9.91. The number of nitrogens with zero attached hydrogens (tertiary/aromatic N) is 3. The van der Waals surface area contributed by atoms with Gasteiger partial charge in [-0.25, -0.2) is 14.8 Å². The molecule has 0 radical (unpaired) electrons. The Bertz CT molecular complexity index is 751. The van der Waals surface area contributed by atoms with Crippen molar-refractivity contribution in [3.8, 4) is 0 Å². The number of methoxy groups -OCH3 is 1. The van der Waals surface area contributed by atoms with Gasteiger partial charge in [-0.15, -0.1) is 0 Å². The van der Waals surface area contributed by atoms with Gasteiger partial charge in [-0.05, 0) is 24.8 Å². The highest BCUT2D eigenvalue weighted by atomic mass is 35.5. The van der Waals surface area contributed by atoms with E-state index in [2.05, 4.69) is 9.97 Å². The zero-order chi connectivity index (χ0) is 17.8. The highest BCUT2D eigenvalue weighted by Crippen LogP contribution is 2.40. The van der Waals surface area contributed by atoms with E-state index in [0.29, 0.717) is 24.6 Å². The lowest BCUT2D eigenvalue weighted by Crippen LogP contribution is -2.29. The van der Waals surface area contributed by atoms with E-state index in [-0.39, 0.29) is 23.4 Å². The molecule has 1 aliphatic rings. The second kappa shape index (κ2) is 7.80. The van der Waals surface area contributed by atoms with Crippen LogP contribution in [-0.4, -0.2) is 41.4 Å². The monoisotopic (exact) mass is 361 g/mol. The molecule has 0 aliphatic heterocycles. The number of aromatic nitrogens is 2. The lowest BCUT2D eigenvalue weighted by molar-refractivity contribution is 0.0593. The Labute approximate surface area is 151 Å². The number of rotatable bonds is 7. The fourth-order valence-electron chi connectivity index (χ4n) is 2.57. The summed E-state index contributed by atoms with van der Waals surface area (Å²) in [4.78, 5) is 22.4. The van der Waals surface area contributed by atoms with Crippen LogP contribution in [0, 0.1) is 0 Å². The van der Waals surface area contributed by atoms with Crippen LogP contribution in [0.5, 0.6) is 0 Å². The third-order valence-corrected chi connectivity index (χ3v) is 4.50. The number of carbonyl (C=O) groups is 1. The number of benzene rings is 1. The van der Waals surface area contributed by atoms with Crippen LogP contribution in [0.4, 0.5) is 5.82 Å². The lowest BCUT2D eigenvalue weighted by Gasteiger charge is -2.23. The van der Waals surface area contributed by atoms with Gasteiger partial charge in [0.2, 0.25) is 0 Å². The number of hydrogen-bond donors (Lipinski definition) is 1. The van der Waals surface area contributed by atoms with Crippen molar-refractivity contribution in [2.24, 2.45) is 0 Å². The largest absolute Gasteiger partial charge is 0.464 e. The zero-order valence-corrected chi connectivity index (χ0v) is 14.7. The Morgan fingerprint density at radius 2 is 2.04 bits per heavy atom. The Balaban J connectivity index is 1.89. The fourth-order valence-corrected chi connectivity index (χ4v) is 2.85. The van der Waals surface area contributed by atoms with Gasteiger partial charge < -0.3 is 14.7 Å². The van der Waals surface area contributed by atoms with Crippen LogP contribution >= 0.6 is 11.6 Å². The van der Waals surface area contributed by atoms with E-state index >= 15 is 0 Å². The molecule has 0 unspecified atom stereocenters. The van der Waals surface area contributed by atoms with Crippen molar-refractivity contribution in [3.63, 3.8) is 0 Å². The van der Waals surface area contributed by atoms with E-state index in [1.54, 1.807) is 4.90 Å². The summed E-state index contributed by atoms with van der Waals surface area (Å²) in [6.45, 7) is 0.260. The molecule has 2 aromatic rings. The Morgan fingerprint density at radius 3 is 2.64 bits per heavy atom. The van der Waals surface area contributed by atoms with Crippen LogP contribution in [0.25, 0.3) is 0 Å². The summed E-state index contributed by atoms with van der Waals surface area (Å²) < 4.78 is 4.78. The minimum absolute atomic E-state index is 0.0502. The van der Waals surface area contributed by atoms with E-state index < -0.39 is 5.97 Å². The van der Waals surface area contributed by atoms with E-state index in [1.807, 2.05) is 30.3 Å². The zero-order valence-electron chi connectivity index (χ0n) is 14.0. The second-order valence-corrected chi connectivity index (χ2v) is 6.35. The molecule has 0 amide bonds. The van der Waals surface area contributed by atoms with Gasteiger partial charge >= 0.3 is 5.97 Å². The maximum absolute atomic E-state index is 12.0. The number of hydrogen-bond acceptors (Lipinski definition) is 6. The first kappa shape index (κ1) is 17.6. The molecule has 1 N–H and O–H groups in total. The number of halogens is 1. The fraction of sp³-hybridized carbons (Fsp3) is 0.389. The number of aliphatic hydroxyl groups excluding tert-OH is 1. The maximum Gasteiger partial charge on any atom is 0.358 e. The van der Waals surface area contributed by atoms with Crippen molar-refractivity contribution < 1.29 is 14.6 Å². The molecule has 1 heterocycles. The summed E-state index contributed by atoms with van der Waals surface area (Å²) in [6, 6.07) is 9.94. The number of esters is 1. The van der Waals surface area contributed by atoms with E-state index in [0.717, 1.165) is 18.4 Å². The molecule has 1 fully saturated rings. The van der Waals surface area contributed by atoms with Crippen LogP contribution in [0.3, 0.4) is 0 Å². The Morgan fingerprint density at radius 1 is 1.32 bits per heavy atom. The van der Waals surface area contributed by atoms with E-state index in [1.165, 1.54) is 7.11 Å². The standard InChI is InChI=1S/C18H20ClN3O3/c1-25-18(24)15-14(19)17(21-16(20-15)13-7-8-13)22(11-23)10-9-12-5-3-2-4-6-12/h2-6,13,23H,7-11H2,1H3. The summed E-state index contributed by atoms with van der Waals surface area (Å²) in [5.74, 6) is 0.598. The van der Waals surface area contributed by atoms with Gasteiger partial charge in [-0.3, -0.25) is 0 Å². The van der Waals surface area contributed by atoms with Crippen molar-refractivity contribution >= 4 is 23.4 Å². The van der Waals surface area contributed by atoms with Crippen LogP contribution in [0.2, 0.25) is 5.02 Å². The molecule has 0 spiro atoms. The lowest BCUT2D eigenvalue weighted by atomic mass is 10.1. The summed E-state index contributed by atoms with van der Waals surface area (Å²) in [6.07, 6.45) is 2.70. The molecule has 6 nitrogen and oxygen atoms in total. The minimum Gasteiger partial charge on any atom is -0.464 e. The van der Waals surface area contributed by atoms with Crippen LogP contribution in [0.15, 0.2) is 30.3 Å². The van der Waals surface area contributed by atoms with Gasteiger partial charge in [0.1, 0.15) is 17.6 Å². The third-order valence-electron chi connectivity index (χ3n) is 4.16. The average molecular weight is 362 g/mol. The van der Waals surface area contributed by atoms with Crippen molar-refractivity contribution in [2.45, 2.75) is 25.2 Å². The first-order chi connectivity index (χ1) is 12.1. The quantitative estimate of drug-likeness (QED) is 0.603. The molecule has 3 rings (SSSR count). The van der Waals surface area contributed by atoms with E-state index in [9.17, 15) is 9.90 Å². The van der Waals surface area contributed by atoms with Gasteiger partial charge in [-0.2, -0.15) is 0 Å². The van der Waals surface area contributed by atoms with Gasteiger partial charge in [0.15, 0.2) is 11.5 Å². The number of carbonyl (C=O) groups excluding carboxylic acids is 1. The molecule has 7 heteroatoms. The summed E-state index contributed by atoms with van der Waals surface area (Å²) in [5.41, 5.74) is 1.19. The molecule has 0 atom stereocenters. The topological polar surface area (TPSA) is 75.5 Å². The molecular formula is C18H20ClN3O3. The van der Waals surface area contributed by atoms with Crippen LogP contribution in [0.1, 0.15) is 40.6 Å². The smallest absolute Gasteiger partial charge is 0.358 e. The summed E-state index contributed by atoms with van der Waals surface area (Å²) in [7, 11) is 1.29. The minimum atomic E-state index is -0.600. The molecule has 132 valence electrons. The molecule has 1 aliphatic carbocycles. The SMILES string of the molecule is COC(=O)c1nc(C2CC2)nc(N(CO)CCc2ccccc2)c1Cl. The van der Waals surface area contributed by atoms with Gasteiger partial charge in [0, 0.05) is 12.5 Å².